The number of anilines is 1. The Bertz CT molecular complexity index is 1190. The van der Waals surface area contributed by atoms with E-state index in [4.69, 9.17) is 0 Å². The van der Waals surface area contributed by atoms with Crippen molar-refractivity contribution in [3.63, 3.8) is 0 Å². The van der Waals surface area contributed by atoms with Crippen molar-refractivity contribution in [3.8, 4) is 0 Å². The van der Waals surface area contributed by atoms with E-state index in [9.17, 15) is 4.79 Å². The van der Waals surface area contributed by atoms with E-state index in [0.717, 1.165) is 40.0 Å². The zero-order valence-corrected chi connectivity index (χ0v) is 14.6. The lowest BCUT2D eigenvalue weighted by atomic mass is 10.1. The molecule has 3 heterocycles. The molecular formula is C20H17N5O. The number of rotatable bonds is 1. The number of fused-ring (bicyclic) bond motifs is 4. The van der Waals surface area contributed by atoms with Crippen LogP contribution in [0.1, 0.15) is 21.7 Å². The summed E-state index contributed by atoms with van der Waals surface area (Å²) in [4.78, 5) is 28.6. The van der Waals surface area contributed by atoms with Gasteiger partial charge in [-0.15, -0.1) is 0 Å². The van der Waals surface area contributed by atoms with E-state index in [1.165, 1.54) is 0 Å². The molecule has 2 aromatic carbocycles. The second kappa shape index (κ2) is 5.36. The molecule has 0 atom stereocenters. The largest absolute Gasteiger partial charge is 0.308 e. The summed E-state index contributed by atoms with van der Waals surface area (Å²) >= 11 is 0. The summed E-state index contributed by atoms with van der Waals surface area (Å²) in [5.74, 6) is 0.656. The Kier molecular flexibility index (Phi) is 3.09. The smallest absolute Gasteiger partial charge is 0.260 e. The second-order valence-corrected chi connectivity index (χ2v) is 6.61. The highest BCUT2D eigenvalue weighted by atomic mass is 16.2. The zero-order valence-electron chi connectivity index (χ0n) is 14.6. The third kappa shape index (κ3) is 2.12. The highest BCUT2D eigenvalue weighted by Crippen LogP contribution is 2.28. The van der Waals surface area contributed by atoms with Gasteiger partial charge >= 0.3 is 0 Å². The molecule has 6 nitrogen and oxygen atoms in total. The molecule has 128 valence electrons. The molecule has 1 aliphatic heterocycles. The molecule has 0 bridgehead atoms. The maximum Gasteiger partial charge on any atom is 0.260 e. The first-order chi connectivity index (χ1) is 12.6. The van der Waals surface area contributed by atoms with Crippen molar-refractivity contribution in [2.24, 2.45) is 0 Å². The number of imidazole rings is 1. The van der Waals surface area contributed by atoms with E-state index in [2.05, 4.69) is 19.5 Å². The summed E-state index contributed by atoms with van der Waals surface area (Å²) in [6.45, 7) is 5.25. The molecule has 26 heavy (non-hydrogen) atoms. The molecule has 1 aliphatic rings. The van der Waals surface area contributed by atoms with E-state index >= 15 is 0 Å². The molecule has 0 N–H and O–H groups in total. The lowest BCUT2D eigenvalue weighted by Crippen LogP contribution is -2.29. The van der Waals surface area contributed by atoms with Gasteiger partial charge < -0.3 is 4.57 Å². The van der Waals surface area contributed by atoms with Gasteiger partial charge in [0.2, 0.25) is 5.95 Å². The first kappa shape index (κ1) is 15.0. The van der Waals surface area contributed by atoms with Gasteiger partial charge in [0.15, 0.2) is 0 Å². The standard InChI is InChI=1S/C20H17N5O/c1-12-13(2)22-17-11-14(7-8-15(17)21-12)19(26)25-10-9-24-18-6-4-3-5-16(18)23-20(24)25/h3-8,11H,9-10H2,1-2H3. The topological polar surface area (TPSA) is 63.9 Å². The summed E-state index contributed by atoms with van der Waals surface area (Å²) in [5, 5.41) is 0. The molecular weight excluding hydrogens is 326 g/mol. The van der Waals surface area contributed by atoms with Gasteiger partial charge in [-0.3, -0.25) is 9.69 Å². The number of hydrogen-bond donors (Lipinski definition) is 0. The lowest BCUT2D eigenvalue weighted by Gasteiger charge is -2.14. The summed E-state index contributed by atoms with van der Waals surface area (Å²) in [6.07, 6.45) is 0. The fourth-order valence-corrected chi connectivity index (χ4v) is 3.50. The van der Waals surface area contributed by atoms with Crippen molar-refractivity contribution < 1.29 is 4.79 Å². The fourth-order valence-electron chi connectivity index (χ4n) is 3.50. The Morgan fingerprint density at radius 2 is 1.65 bits per heavy atom. The highest BCUT2D eigenvalue weighted by Gasteiger charge is 2.29. The van der Waals surface area contributed by atoms with Crippen molar-refractivity contribution in [1.29, 1.82) is 0 Å². The van der Waals surface area contributed by atoms with Crippen LogP contribution in [0, 0.1) is 13.8 Å². The predicted molar refractivity (Wildman–Crippen MR) is 100 cm³/mol. The minimum Gasteiger partial charge on any atom is -0.308 e. The number of para-hydroxylation sites is 2. The average molecular weight is 343 g/mol. The van der Waals surface area contributed by atoms with E-state index in [-0.39, 0.29) is 5.91 Å². The Balaban J connectivity index is 1.57. The van der Waals surface area contributed by atoms with Gasteiger partial charge in [0.05, 0.1) is 33.5 Å². The first-order valence-electron chi connectivity index (χ1n) is 8.64. The lowest BCUT2D eigenvalue weighted by molar-refractivity contribution is 0.0989. The van der Waals surface area contributed by atoms with Crippen LogP contribution in [0.5, 0.6) is 0 Å². The van der Waals surface area contributed by atoms with Crippen LogP contribution in [0.15, 0.2) is 42.5 Å². The van der Waals surface area contributed by atoms with E-state index in [1.54, 1.807) is 4.90 Å². The molecule has 2 aromatic heterocycles. The quantitative estimate of drug-likeness (QED) is 0.532. The molecule has 0 radical (unpaired) electrons. The van der Waals surface area contributed by atoms with Gasteiger partial charge in [0, 0.05) is 18.7 Å². The molecule has 4 aromatic rings. The third-order valence-electron chi connectivity index (χ3n) is 4.99. The normalized spacial score (nSPS) is 13.5. The van der Waals surface area contributed by atoms with Crippen LogP contribution >= 0.6 is 0 Å². The molecule has 0 unspecified atom stereocenters. The van der Waals surface area contributed by atoms with Gasteiger partial charge in [-0.25, -0.2) is 15.0 Å². The highest BCUT2D eigenvalue weighted by molar-refractivity contribution is 6.07. The number of carbonyl (C=O) groups is 1. The van der Waals surface area contributed by atoms with E-state index in [1.807, 2.05) is 56.3 Å². The number of amides is 1. The number of benzene rings is 2. The number of aromatic nitrogens is 4. The van der Waals surface area contributed by atoms with Gasteiger partial charge in [-0.1, -0.05) is 12.1 Å². The third-order valence-corrected chi connectivity index (χ3v) is 4.99. The molecule has 0 aliphatic carbocycles. The molecule has 0 saturated carbocycles. The second-order valence-electron chi connectivity index (χ2n) is 6.61. The van der Waals surface area contributed by atoms with Crippen molar-refractivity contribution in [1.82, 2.24) is 19.5 Å². The summed E-state index contributed by atoms with van der Waals surface area (Å²) in [7, 11) is 0. The van der Waals surface area contributed by atoms with Gasteiger partial charge in [0.25, 0.3) is 5.91 Å². The number of aryl methyl sites for hydroxylation is 2. The van der Waals surface area contributed by atoms with Crippen LogP contribution in [0.2, 0.25) is 0 Å². The van der Waals surface area contributed by atoms with Gasteiger partial charge in [-0.2, -0.15) is 0 Å². The van der Waals surface area contributed by atoms with Crippen LogP contribution in [-0.2, 0) is 6.54 Å². The van der Waals surface area contributed by atoms with E-state index < -0.39 is 0 Å². The molecule has 0 spiro atoms. The Morgan fingerprint density at radius 1 is 0.885 bits per heavy atom. The monoisotopic (exact) mass is 343 g/mol. The number of carbonyl (C=O) groups excluding carboxylic acids is 1. The zero-order chi connectivity index (χ0) is 17.8. The molecule has 1 amide bonds. The summed E-state index contributed by atoms with van der Waals surface area (Å²) in [5.41, 5.74) is 5.92. The molecule has 0 fully saturated rings. The van der Waals surface area contributed by atoms with E-state index in [0.29, 0.717) is 18.1 Å². The van der Waals surface area contributed by atoms with Crippen LogP contribution in [-0.4, -0.2) is 32.0 Å². The fraction of sp³-hybridized carbons (Fsp3) is 0.200. The van der Waals surface area contributed by atoms with Crippen LogP contribution < -0.4 is 4.90 Å². The SMILES string of the molecule is Cc1nc2ccc(C(=O)N3CCn4c3nc3ccccc34)cc2nc1C. The molecule has 5 rings (SSSR count). The van der Waals surface area contributed by atoms with Crippen LogP contribution in [0.3, 0.4) is 0 Å². The number of nitrogens with zero attached hydrogens (tertiary/aromatic N) is 5. The Labute approximate surface area is 150 Å². The van der Waals surface area contributed by atoms with Crippen molar-refractivity contribution in [2.45, 2.75) is 20.4 Å². The summed E-state index contributed by atoms with van der Waals surface area (Å²) in [6, 6.07) is 13.5. The molecule has 0 saturated heterocycles. The minimum absolute atomic E-state index is 0.0546. The van der Waals surface area contributed by atoms with Crippen molar-refractivity contribution >= 4 is 33.9 Å². The Hall–Kier alpha value is -3.28. The Morgan fingerprint density at radius 3 is 2.50 bits per heavy atom. The molecule has 6 heteroatoms. The number of hydrogen-bond acceptors (Lipinski definition) is 4. The van der Waals surface area contributed by atoms with Crippen molar-refractivity contribution in [3.05, 3.63) is 59.4 Å². The maximum atomic E-state index is 13.1. The van der Waals surface area contributed by atoms with Crippen LogP contribution in [0.4, 0.5) is 5.95 Å². The van der Waals surface area contributed by atoms with Crippen LogP contribution in [0.25, 0.3) is 22.1 Å². The predicted octanol–water partition coefficient (Wildman–Crippen LogP) is 3.26. The van der Waals surface area contributed by atoms with Gasteiger partial charge in [-0.05, 0) is 44.2 Å². The summed E-state index contributed by atoms with van der Waals surface area (Å²) < 4.78 is 2.10. The van der Waals surface area contributed by atoms with Crippen molar-refractivity contribution in [2.75, 3.05) is 11.4 Å². The minimum atomic E-state index is -0.0546. The maximum absolute atomic E-state index is 13.1. The van der Waals surface area contributed by atoms with Gasteiger partial charge in [0.1, 0.15) is 0 Å². The first-order valence-corrected chi connectivity index (χ1v) is 8.64. The average Bonchev–Trinajstić information content (AvgIpc) is 3.21.